The molecule has 1 atom stereocenters. The lowest BCUT2D eigenvalue weighted by Gasteiger charge is -2.11. The maximum absolute atomic E-state index is 6.04. The quantitative estimate of drug-likeness (QED) is 0.783. The third-order valence-corrected chi connectivity index (χ3v) is 2.55. The predicted octanol–water partition coefficient (Wildman–Crippen LogP) is 2.64. The summed E-state index contributed by atoms with van der Waals surface area (Å²) in [6, 6.07) is 8.35. The van der Waals surface area contributed by atoms with Crippen LogP contribution in [0.15, 0.2) is 36.7 Å². The van der Waals surface area contributed by atoms with E-state index in [9.17, 15) is 0 Å². The smallest absolute Gasteiger partial charge is 0.0346 e. The predicted molar refractivity (Wildman–Crippen MR) is 59.0 cm³/mol. The number of aromatic nitrogens is 1. The molecular formula is C12H14N2. The van der Waals surface area contributed by atoms with Crippen molar-refractivity contribution in [2.75, 3.05) is 0 Å². The number of hydrogen-bond donors (Lipinski definition) is 1. The topological polar surface area (TPSA) is 38.9 Å². The summed E-state index contributed by atoms with van der Waals surface area (Å²) in [5, 5.41) is 2.38. The Bertz CT molecular complexity index is 432. The number of fused-ring (bicyclic) bond motifs is 1. The number of nitrogens with zero attached hydrogens (tertiary/aromatic N) is 1. The molecule has 1 aromatic heterocycles. The summed E-state index contributed by atoms with van der Waals surface area (Å²) in [5.41, 5.74) is 7.26. The molecule has 0 amide bonds. The lowest BCUT2D eigenvalue weighted by atomic mass is 9.99. The van der Waals surface area contributed by atoms with Crippen molar-refractivity contribution in [2.24, 2.45) is 5.73 Å². The fraction of sp³-hybridized carbons (Fsp3) is 0.250. The van der Waals surface area contributed by atoms with Gasteiger partial charge in [0.2, 0.25) is 0 Å². The van der Waals surface area contributed by atoms with Crippen molar-refractivity contribution in [1.82, 2.24) is 4.98 Å². The first kappa shape index (κ1) is 9.16. The van der Waals surface area contributed by atoms with Crippen molar-refractivity contribution < 1.29 is 0 Å². The van der Waals surface area contributed by atoms with E-state index in [0.717, 1.165) is 11.8 Å². The van der Waals surface area contributed by atoms with Gasteiger partial charge >= 0.3 is 0 Å². The molecule has 2 N–H and O–H groups in total. The Morgan fingerprint density at radius 3 is 3.00 bits per heavy atom. The molecule has 2 rings (SSSR count). The minimum Gasteiger partial charge on any atom is -0.324 e. The number of hydrogen-bond acceptors (Lipinski definition) is 2. The van der Waals surface area contributed by atoms with Crippen LogP contribution in [-0.4, -0.2) is 4.98 Å². The molecule has 0 saturated carbocycles. The highest BCUT2D eigenvalue weighted by atomic mass is 14.6. The zero-order chi connectivity index (χ0) is 9.97. The molecule has 72 valence electrons. The molecule has 0 aliphatic heterocycles. The second-order valence-electron chi connectivity index (χ2n) is 3.46. The van der Waals surface area contributed by atoms with Crippen molar-refractivity contribution >= 4 is 10.8 Å². The Hall–Kier alpha value is -1.41. The van der Waals surface area contributed by atoms with Crippen LogP contribution in [0.3, 0.4) is 0 Å². The van der Waals surface area contributed by atoms with E-state index in [-0.39, 0.29) is 6.04 Å². The summed E-state index contributed by atoms with van der Waals surface area (Å²) in [5.74, 6) is 0. The van der Waals surface area contributed by atoms with Crippen LogP contribution in [0.4, 0.5) is 0 Å². The molecule has 1 aromatic carbocycles. The van der Waals surface area contributed by atoms with E-state index >= 15 is 0 Å². The number of benzene rings is 1. The molecule has 1 heterocycles. The molecule has 0 bridgehead atoms. The third kappa shape index (κ3) is 1.49. The van der Waals surface area contributed by atoms with Gasteiger partial charge in [-0.15, -0.1) is 0 Å². The van der Waals surface area contributed by atoms with Gasteiger partial charge in [-0.1, -0.05) is 25.1 Å². The van der Waals surface area contributed by atoms with Crippen molar-refractivity contribution in [2.45, 2.75) is 19.4 Å². The first-order valence-electron chi connectivity index (χ1n) is 4.91. The van der Waals surface area contributed by atoms with Gasteiger partial charge in [0, 0.05) is 23.8 Å². The molecule has 0 spiro atoms. The van der Waals surface area contributed by atoms with Crippen LogP contribution in [0.2, 0.25) is 0 Å². The number of nitrogens with two attached hydrogens (primary N) is 1. The molecule has 2 nitrogen and oxygen atoms in total. The molecule has 2 aromatic rings. The van der Waals surface area contributed by atoms with E-state index in [4.69, 9.17) is 5.73 Å². The average Bonchev–Trinajstić information content (AvgIpc) is 2.27. The fourth-order valence-electron chi connectivity index (χ4n) is 1.69. The second kappa shape index (κ2) is 3.76. The van der Waals surface area contributed by atoms with Crippen LogP contribution in [-0.2, 0) is 0 Å². The van der Waals surface area contributed by atoms with Crippen molar-refractivity contribution in [1.29, 1.82) is 0 Å². The fourth-order valence-corrected chi connectivity index (χ4v) is 1.69. The highest BCUT2D eigenvalue weighted by Crippen LogP contribution is 2.23. The van der Waals surface area contributed by atoms with Crippen LogP contribution >= 0.6 is 0 Å². The molecule has 0 saturated heterocycles. The summed E-state index contributed by atoms with van der Waals surface area (Å²) in [6.45, 7) is 2.10. The van der Waals surface area contributed by atoms with Crippen LogP contribution in [0.25, 0.3) is 10.8 Å². The third-order valence-electron chi connectivity index (χ3n) is 2.55. The van der Waals surface area contributed by atoms with E-state index in [1.807, 2.05) is 24.5 Å². The van der Waals surface area contributed by atoms with Gasteiger partial charge in [0.1, 0.15) is 0 Å². The highest BCUT2D eigenvalue weighted by molar-refractivity contribution is 5.85. The lowest BCUT2D eigenvalue weighted by Crippen LogP contribution is -2.08. The molecule has 0 aliphatic rings. The summed E-state index contributed by atoms with van der Waals surface area (Å²) in [7, 11) is 0. The van der Waals surface area contributed by atoms with Gasteiger partial charge < -0.3 is 5.73 Å². The Balaban J connectivity index is 2.65. The molecular weight excluding hydrogens is 172 g/mol. The Morgan fingerprint density at radius 1 is 1.36 bits per heavy atom. The SMILES string of the molecule is CC[C@@H](N)c1cccc2cnccc12. The van der Waals surface area contributed by atoms with Gasteiger partial charge in [-0.3, -0.25) is 4.98 Å². The van der Waals surface area contributed by atoms with Crippen LogP contribution in [0.5, 0.6) is 0 Å². The first-order valence-corrected chi connectivity index (χ1v) is 4.91. The maximum Gasteiger partial charge on any atom is 0.0346 e. The largest absolute Gasteiger partial charge is 0.324 e. The standard InChI is InChI=1S/C12H14N2/c1-2-12(13)11-5-3-4-9-8-14-7-6-10(9)11/h3-8,12H,2,13H2,1H3/t12-/m1/s1. The maximum atomic E-state index is 6.04. The lowest BCUT2D eigenvalue weighted by molar-refractivity contribution is 0.704. The first-order chi connectivity index (χ1) is 6.83. The van der Waals surface area contributed by atoms with E-state index in [0.29, 0.717) is 0 Å². The van der Waals surface area contributed by atoms with Gasteiger partial charge in [0.05, 0.1) is 0 Å². The molecule has 0 unspecified atom stereocenters. The van der Waals surface area contributed by atoms with Gasteiger partial charge in [-0.25, -0.2) is 0 Å². The van der Waals surface area contributed by atoms with Crippen LogP contribution in [0, 0.1) is 0 Å². The van der Waals surface area contributed by atoms with E-state index in [2.05, 4.69) is 24.0 Å². The molecule has 2 heteroatoms. The number of pyridine rings is 1. The van der Waals surface area contributed by atoms with Crippen molar-refractivity contribution in [3.63, 3.8) is 0 Å². The molecule has 0 radical (unpaired) electrons. The van der Waals surface area contributed by atoms with Gasteiger partial charge in [0.25, 0.3) is 0 Å². The van der Waals surface area contributed by atoms with Gasteiger partial charge in [-0.2, -0.15) is 0 Å². The van der Waals surface area contributed by atoms with Gasteiger partial charge in [0.15, 0.2) is 0 Å². The van der Waals surface area contributed by atoms with Crippen LogP contribution < -0.4 is 5.73 Å². The van der Waals surface area contributed by atoms with Crippen LogP contribution in [0.1, 0.15) is 24.9 Å². The minimum atomic E-state index is 0.126. The van der Waals surface area contributed by atoms with E-state index in [1.54, 1.807) is 0 Å². The summed E-state index contributed by atoms with van der Waals surface area (Å²) >= 11 is 0. The normalized spacial score (nSPS) is 13.0. The second-order valence-corrected chi connectivity index (χ2v) is 3.46. The molecule has 0 fully saturated rings. The Labute approximate surface area is 83.8 Å². The monoisotopic (exact) mass is 186 g/mol. The highest BCUT2D eigenvalue weighted by Gasteiger charge is 2.06. The summed E-state index contributed by atoms with van der Waals surface area (Å²) in [4.78, 5) is 4.10. The zero-order valence-electron chi connectivity index (χ0n) is 8.27. The zero-order valence-corrected chi connectivity index (χ0v) is 8.27. The van der Waals surface area contributed by atoms with E-state index in [1.165, 1.54) is 10.9 Å². The van der Waals surface area contributed by atoms with E-state index < -0.39 is 0 Å². The Morgan fingerprint density at radius 2 is 2.21 bits per heavy atom. The van der Waals surface area contributed by atoms with Gasteiger partial charge in [-0.05, 0) is 23.4 Å². The average molecular weight is 186 g/mol. The van der Waals surface area contributed by atoms with Crippen molar-refractivity contribution in [3.8, 4) is 0 Å². The molecule has 0 aliphatic carbocycles. The number of rotatable bonds is 2. The minimum absolute atomic E-state index is 0.126. The Kier molecular flexibility index (Phi) is 2.46. The van der Waals surface area contributed by atoms with Crippen molar-refractivity contribution in [3.05, 3.63) is 42.2 Å². The summed E-state index contributed by atoms with van der Waals surface area (Å²) < 4.78 is 0. The molecule has 14 heavy (non-hydrogen) atoms. The summed E-state index contributed by atoms with van der Waals surface area (Å²) in [6.07, 6.45) is 4.65.